The van der Waals surface area contributed by atoms with Gasteiger partial charge in [-0.3, -0.25) is 0 Å². The molecule has 2 N–H and O–H groups in total. The summed E-state index contributed by atoms with van der Waals surface area (Å²) in [7, 11) is -2.16. The predicted molar refractivity (Wildman–Crippen MR) is 66.5 cm³/mol. The van der Waals surface area contributed by atoms with Gasteiger partial charge in [0.15, 0.2) is 0 Å². The third-order valence-corrected chi connectivity index (χ3v) is 5.16. The van der Waals surface area contributed by atoms with Crippen LogP contribution in [0.1, 0.15) is 23.3 Å². The van der Waals surface area contributed by atoms with Gasteiger partial charge in [-0.15, -0.1) is 0 Å². The number of ether oxygens (including phenoxy) is 1. The van der Waals surface area contributed by atoms with Crippen LogP contribution in [0.3, 0.4) is 0 Å². The summed E-state index contributed by atoms with van der Waals surface area (Å²) in [5.41, 5.74) is -0.140. The minimum atomic E-state index is -3.67. The van der Waals surface area contributed by atoms with Gasteiger partial charge >= 0.3 is 5.97 Å². The maximum absolute atomic E-state index is 12.3. The van der Waals surface area contributed by atoms with Gasteiger partial charge in [0.05, 0.1) is 0 Å². The van der Waals surface area contributed by atoms with Crippen LogP contribution in [0.2, 0.25) is 0 Å². The summed E-state index contributed by atoms with van der Waals surface area (Å²) in [6.45, 7) is 1.08. The third-order valence-electron chi connectivity index (χ3n) is 3.27. The van der Waals surface area contributed by atoms with Crippen molar-refractivity contribution in [2.24, 2.45) is 0 Å². The fourth-order valence-corrected chi connectivity index (χ4v) is 3.47. The molecule has 1 saturated heterocycles. The summed E-state index contributed by atoms with van der Waals surface area (Å²) < 4.78 is 31.2. The van der Waals surface area contributed by atoms with Gasteiger partial charge in [0.1, 0.15) is 10.6 Å². The van der Waals surface area contributed by atoms with E-state index < -0.39 is 16.0 Å². The predicted octanol–water partition coefficient (Wildman–Crippen LogP) is 0.512. The van der Waals surface area contributed by atoms with E-state index in [0.29, 0.717) is 26.1 Å². The summed E-state index contributed by atoms with van der Waals surface area (Å²) in [5.74, 6) is -1.19. The maximum atomic E-state index is 12.3. The molecule has 0 aromatic carbocycles. The van der Waals surface area contributed by atoms with Gasteiger partial charge in [-0.1, -0.05) is 0 Å². The molecular formula is C11H16N2O5S. The van der Waals surface area contributed by atoms with E-state index in [1.807, 2.05) is 0 Å². The molecule has 1 aromatic rings. The fourth-order valence-electron chi connectivity index (χ4n) is 2.06. The molecule has 0 bridgehead atoms. The van der Waals surface area contributed by atoms with Crippen molar-refractivity contribution in [1.29, 1.82) is 0 Å². The van der Waals surface area contributed by atoms with Gasteiger partial charge < -0.3 is 14.8 Å². The van der Waals surface area contributed by atoms with E-state index in [2.05, 4.69) is 4.98 Å². The molecule has 0 saturated carbocycles. The molecule has 106 valence electrons. The van der Waals surface area contributed by atoms with E-state index in [4.69, 9.17) is 9.84 Å². The first-order chi connectivity index (χ1) is 8.93. The zero-order valence-electron chi connectivity index (χ0n) is 10.5. The average Bonchev–Trinajstić information content (AvgIpc) is 2.89. The van der Waals surface area contributed by atoms with Crippen LogP contribution in [-0.2, 0) is 14.8 Å². The first-order valence-electron chi connectivity index (χ1n) is 5.90. The second kappa shape index (κ2) is 5.32. The summed E-state index contributed by atoms with van der Waals surface area (Å²) in [4.78, 5) is 13.2. The Kier molecular flexibility index (Phi) is 3.93. The molecule has 1 fully saturated rings. The normalized spacial score (nSPS) is 17.8. The Morgan fingerprint density at radius 2 is 2.11 bits per heavy atom. The van der Waals surface area contributed by atoms with Crippen molar-refractivity contribution in [2.45, 2.75) is 23.8 Å². The van der Waals surface area contributed by atoms with E-state index in [1.165, 1.54) is 17.5 Å². The number of carboxylic acids is 1. The van der Waals surface area contributed by atoms with Crippen molar-refractivity contribution in [2.75, 3.05) is 20.3 Å². The Hall–Kier alpha value is -1.38. The van der Waals surface area contributed by atoms with Crippen molar-refractivity contribution in [3.05, 3.63) is 18.0 Å². The Morgan fingerprint density at radius 1 is 1.47 bits per heavy atom. The number of rotatable bonds is 4. The molecule has 1 aromatic heterocycles. The highest BCUT2D eigenvalue weighted by molar-refractivity contribution is 7.89. The lowest BCUT2D eigenvalue weighted by atomic mass is 10.1. The maximum Gasteiger partial charge on any atom is 0.352 e. The third kappa shape index (κ3) is 2.80. The van der Waals surface area contributed by atoms with E-state index in [1.54, 1.807) is 0 Å². The number of hydrogen-bond acceptors (Lipinski definition) is 4. The number of nitrogens with one attached hydrogen (secondary N) is 1. The van der Waals surface area contributed by atoms with E-state index >= 15 is 0 Å². The largest absolute Gasteiger partial charge is 0.477 e. The number of H-pyrrole nitrogens is 1. The summed E-state index contributed by atoms with van der Waals surface area (Å²) in [5, 5.41) is 8.79. The number of aromatic amines is 1. The number of carbonyl (C=O) groups is 1. The molecule has 1 aliphatic heterocycles. The highest BCUT2D eigenvalue weighted by Gasteiger charge is 2.30. The van der Waals surface area contributed by atoms with Crippen molar-refractivity contribution in [3.8, 4) is 0 Å². The lowest BCUT2D eigenvalue weighted by Crippen LogP contribution is -2.40. The molecule has 2 heterocycles. The van der Waals surface area contributed by atoms with Gasteiger partial charge in [-0.05, 0) is 18.9 Å². The highest BCUT2D eigenvalue weighted by atomic mass is 32.2. The van der Waals surface area contributed by atoms with Crippen LogP contribution in [0.25, 0.3) is 0 Å². The van der Waals surface area contributed by atoms with E-state index in [0.717, 1.165) is 6.07 Å². The van der Waals surface area contributed by atoms with Gasteiger partial charge in [0.2, 0.25) is 10.0 Å². The molecule has 2 rings (SSSR count). The summed E-state index contributed by atoms with van der Waals surface area (Å²) in [6.07, 6.45) is 2.49. The number of sulfonamides is 1. The van der Waals surface area contributed by atoms with Crippen molar-refractivity contribution in [1.82, 2.24) is 9.29 Å². The number of aromatic carboxylic acids is 1. The molecule has 0 atom stereocenters. The summed E-state index contributed by atoms with van der Waals surface area (Å²) >= 11 is 0. The van der Waals surface area contributed by atoms with Crippen LogP contribution in [0, 0.1) is 0 Å². The Balaban J connectivity index is 2.22. The molecule has 0 spiro atoms. The SMILES string of the molecule is CN(C1CCOCC1)S(=O)(=O)c1c[nH]c(C(=O)O)c1. The Bertz CT molecular complexity index is 559. The van der Waals surface area contributed by atoms with Crippen LogP contribution < -0.4 is 0 Å². The van der Waals surface area contributed by atoms with Crippen molar-refractivity contribution >= 4 is 16.0 Å². The molecule has 19 heavy (non-hydrogen) atoms. The van der Waals surface area contributed by atoms with Crippen LogP contribution in [-0.4, -0.2) is 55.1 Å². The fraction of sp³-hybridized carbons (Fsp3) is 0.545. The monoisotopic (exact) mass is 288 g/mol. The minimum absolute atomic E-state index is 0.0288. The molecule has 8 heteroatoms. The molecule has 0 amide bonds. The first kappa shape index (κ1) is 14.0. The number of aromatic nitrogens is 1. The highest BCUT2D eigenvalue weighted by Crippen LogP contribution is 2.22. The first-order valence-corrected chi connectivity index (χ1v) is 7.34. The van der Waals surface area contributed by atoms with Crippen LogP contribution in [0.15, 0.2) is 17.2 Å². The lowest BCUT2D eigenvalue weighted by Gasteiger charge is -2.30. The van der Waals surface area contributed by atoms with E-state index in [9.17, 15) is 13.2 Å². The Labute approximate surface area is 111 Å². The molecule has 0 radical (unpaired) electrons. The molecule has 1 aliphatic rings. The molecule has 0 aliphatic carbocycles. The number of carboxylic acid groups (broad SMARTS) is 1. The molecule has 7 nitrogen and oxygen atoms in total. The zero-order chi connectivity index (χ0) is 14.0. The molecule has 0 unspecified atom stereocenters. The lowest BCUT2D eigenvalue weighted by molar-refractivity contribution is 0.0632. The second-order valence-electron chi connectivity index (χ2n) is 4.42. The van der Waals surface area contributed by atoms with Crippen LogP contribution in [0.4, 0.5) is 0 Å². The van der Waals surface area contributed by atoms with Gasteiger partial charge in [-0.2, -0.15) is 4.31 Å². The summed E-state index contributed by atoms with van der Waals surface area (Å²) in [6, 6.07) is 1.02. The van der Waals surface area contributed by atoms with Crippen LogP contribution in [0.5, 0.6) is 0 Å². The van der Waals surface area contributed by atoms with E-state index in [-0.39, 0.29) is 16.6 Å². The van der Waals surface area contributed by atoms with Crippen molar-refractivity contribution in [3.63, 3.8) is 0 Å². The standard InChI is InChI=1S/C11H16N2O5S/c1-13(8-2-4-18-5-3-8)19(16,17)9-6-10(11(14)15)12-7-9/h6-8,12H,2-5H2,1H3,(H,14,15). The quantitative estimate of drug-likeness (QED) is 0.841. The van der Waals surface area contributed by atoms with Gasteiger partial charge in [-0.25, -0.2) is 13.2 Å². The number of nitrogens with zero attached hydrogens (tertiary/aromatic N) is 1. The average molecular weight is 288 g/mol. The Morgan fingerprint density at radius 3 is 2.63 bits per heavy atom. The topological polar surface area (TPSA) is 99.7 Å². The molecular weight excluding hydrogens is 272 g/mol. The minimum Gasteiger partial charge on any atom is -0.477 e. The van der Waals surface area contributed by atoms with Gasteiger partial charge in [0.25, 0.3) is 0 Å². The smallest absolute Gasteiger partial charge is 0.352 e. The zero-order valence-corrected chi connectivity index (χ0v) is 11.3. The number of hydrogen-bond donors (Lipinski definition) is 2. The second-order valence-corrected chi connectivity index (χ2v) is 6.42. The van der Waals surface area contributed by atoms with Crippen molar-refractivity contribution < 1.29 is 23.1 Å². The van der Waals surface area contributed by atoms with Crippen LogP contribution >= 0.6 is 0 Å². The van der Waals surface area contributed by atoms with Gasteiger partial charge in [0, 0.05) is 32.5 Å².